The lowest BCUT2D eigenvalue weighted by atomic mass is 10.1. The number of hydrogen-bond donors (Lipinski definition) is 0. The van der Waals surface area contributed by atoms with Crippen LogP contribution in [-0.2, 0) is 6.61 Å². The number of hydroxylamine groups is 5. The Hall–Kier alpha value is -2.06. The maximum Gasteiger partial charge on any atom is 0.136 e. The molecular weight excluding hydrogens is 451 g/mol. The molecular formula is C24H26Cl2N2O4. The van der Waals surface area contributed by atoms with Crippen molar-refractivity contribution in [3.05, 3.63) is 74.6 Å². The van der Waals surface area contributed by atoms with Gasteiger partial charge in [-0.3, -0.25) is 0 Å². The maximum absolute atomic E-state index is 13.4. The molecule has 0 saturated carbocycles. The van der Waals surface area contributed by atoms with E-state index >= 15 is 0 Å². The Morgan fingerprint density at radius 1 is 0.906 bits per heavy atom. The molecule has 1 fully saturated rings. The van der Waals surface area contributed by atoms with Crippen LogP contribution < -0.4 is 14.1 Å². The van der Waals surface area contributed by atoms with Gasteiger partial charge < -0.3 is 29.2 Å². The normalized spacial score (nSPS) is 23.3. The van der Waals surface area contributed by atoms with Crippen molar-refractivity contribution in [3.8, 4) is 11.5 Å². The monoisotopic (exact) mass is 476 g/mol. The van der Waals surface area contributed by atoms with Gasteiger partial charge in [0.25, 0.3) is 0 Å². The number of piperazine rings is 1. The molecule has 0 aliphatic carbocycles. The van der Waals surface area contributed by atoms with E-state index in [1.165, 1.54) is 0 Å². The van der Waals surface area contributed by atoms with Crippen LogP contribution in [0, 0.1) is 10.4 Å². The zero-order chi connectivity index (χ0) is 22.9. The van der Waals surface area contributed by atoms with Gasteiger partial charge in [-0.2, -0.15) is 0 Å². The molecule has 0 radical (unpaired) electrons. The van der Waals surface area contributed by atoms with Gasteiger partial charge in [0, 0.05) is 28.5 Å². The van der Waals surface area contributed by atoms with E-state index < -0.39 is 4.65 Å². The average molecular weight is 477 g/mol. The number of fused-ring (bicyclic) bond motifs is 1. The van der Waals surface area contributed by atoms with E-state index in [0.29, 0.717) is 46.9 Å². The molecule has 3 aromatic carbocycles. The molecule has 0 amide bonds. The summed E-state index contributed by atoms with van der Waals surface area (Å²) in [5.41, 5.74) is 1.42. The predicted octanol–water partition coefficient (Wildman–Crippen LogP) is 5.89. The molecule has 0 aromatic heterocycles. The largest absolute Gasteiger partial charge is 0.632 e. The van der Waals surface area contributed by atoms with Crippen LogP contribution in [0.5, 0.6) is 11.5 Å². The van der Waals surface area contributed by atoms with Crippen molar-refractivity contribution in [3.63, 3.8) is 0 Å². The lowest BCUT2D eigenvalue weighted by Gasteiger charge is -2.53. The Labute approximate surface area is 197 Å². The van der Waals surface area contributed by atoms with Crippen molar-refractivity contribution in [2.45, 2.75) is 13.5 Å². The molecule has 1 heterocycles. The van der Waals surface area contributed by atoms with Crippen molar-refractivity contribution in [1.29, 1.82) is 0 Å². The number of methoxy groups -OCH3 is 1. The van der Waals surface area contributed by atoms with E-state index in [0.717, 1.165) is 16.3 Å². The highest BCUT2D eigenvalue weighted by Gasteiger charge is 2.33. The van der Waals surface area contributed by atoms with Gasteiger partial charge in [-0.1, -0.05) is 35.3 Å². The van der Waals surface area contributed by atoms with Crippen LogP contribution in [0.25, 0.3) is 10.8 Å². The van der Waals surface area contributed by atoms with Crippen molar-refractivity contribution >= 4 is 39.7 Å². The SMILES string of the molecule is CC[N+]1([O-])CC[N+]([O-])(c2ccc(COc3cccc4c(Cl)c(Cl)ccc34)c(OC)c2)CC1. The molecule has 4 rings (SSSR count). The first-order chi connectivity index (χ1) is 15.3. The predicted molar refractivity (Wildman–Crippen MR) is 130 cm³/mol. The molecule has 0 N–H and O–H groups in total. The first kappa shape index (κ1) is 23.1. The molecule has 0 atom stereocenters. The molecule has 3 aromatic rings. The fourth-order valence-corrected chi connectivity index (χ4v) is 4.53. The van der Waals surface area contributed by atoms with Crippen molar-refractivity contribution in [2.24, 2.45) is 0 Å². The fraction of sp³-hybridized carbons (Fsp3) is 0.333. The Bertz CT molecular complexity index is 1130. The zero-order valence-electron chi connectivity index (χ0n) is 18.1. The molecule has 1 aliphatic rings. The fourth-order valence-electron chi connectivity index (χ4n) is 4.14. The van der Waals surface area contributed by atoms with Gasteiger partial charge in [0.15, 0.2) is 0 Å². The number of nitrogens with zero attached hydrogens (tertiary/aromatic N) is 2. The third kappa shape index (κ3) is 4.39. The van der Waals surface area contributed by atoms with Gasteiger partial charge in [0.05, 0.1) is 23.7 Å². The highest BCUT2D eigenvalue weighted by atomic mass is 35.5. The Kier molecular flexibility index (Phi) is 6.54. The van der Waals surface area contributed by atoms with Gasteiger partial charge in [0.1, 0.15) is 50.0 Å². The Morgan fingerprint density at radius 3 is 2.34 bits per heavy atom. The first-order valence-electron chi connectivity index (χ1n) is 10.6. The van der Waals surface area contributed by atoms with Crippen molar-refractivity contribution in [2.75, 3.05) is 39.8 Å². The minimum Gasteiger partial charge on any atom is -0.632 e. The topological polar surface area (TPSA) is 64.6 Å². The third-order valence-corrected chi connectivity index (χ3v) is 7.17. The quantitative estimate of drug-likeness (QED) is 0.328. The highest BCUT2D eigenvalue weighted by molar-refractivity contribution is 6.45. The highest BCUT2D eigenvalue weighted by Crippen LogP contribution is 2.36. The molecule has 0 spiro atoms. The summed E-state index contributed by atoms with van der Waals surface area (Å²) in [4.78, 5) is 0. The maximum atomic E-state index is 13.4. The summed E-state index contributed by atoms with van der Waals surface area (Å²) in [6, 6.07) is 14.7. The van der Waals surface area contributed by atoms with Gasteiger partial charge in [0.2, 0.25) is 0 Å². The first-order valence-corrected chi connectivity index (χ1v) is 11.4. The molecule has 32 heavy (non-hydrogen) atoms. The second-order valence-corrected chi connectivity index (χ2v) is 8.94. The number of benzene rings is 3. The minimum atomic E-state index is -0.512. The van der Waals surface area contributed by atoms with Gasteiger partial charge in [-0.05, 0) is 31.2 Å². The smallest absolute Gasteiger partial charge is 0.136 e. The molecule has 6 nitrogen and oxygen atoms in total. The van der Waals surface area contributed by atoms with Crippen LogP contribution in [0.2, 0.25) is 10.0 Å². The standard InChI is InChI=1S/C24H26Cl2N2O4/c1-3-27(29)11-13-28(30,14-12-27)18-8-7-17(23(15-18)31-2)16-32-22-6-4-5-20-19(22)9-10-21(25)24(20)26/h4-10,15H,3,11-14,16H2,1-2H3. The summed E-state index contributed by atoms with van der Waals surface area (Å²) in [5.74, 6) is 1.26. The molecule has 0 unspecified atom stereocenters. The van der Waals surface area contributed by atoms with Gasteiger partial charge >= 0.3 is 0 Å². The van der Waals surface area contributed by atoms with Gasteiger partial charge in [-0.25, -0.2) is 0 Å². The van der Waals surface area contributed by atoms with Crippen LogP contribution >= 0.6 is 23.2 Å². The number of likely N-dealkylation sites (N-methyl/N-ethyl adjacent to an activating group) is 1. The molecule has 1 aliphatic heterocycles. The zero-order valence-corrected chi connectivity index (χ0v) is 19.7. The minimum absolute atomic E-state index is 0.260. The number of rotatable bonds is 6. The molecule has 8 heteroatoms. The number of quaternary nitrogens is 2. The number of hydrogen-bond acceptors (Lipinski definition) is 4. The number of ether oxygens (including phenoxy) is 2. The van der Waals surface area contributed by atoms with E-state index in [2.05, 4.69) is 0 Å². The summed E-state index contributed by atoms with van der Waals surface area (Å²) < 4.78 is 10.8. The van der Waals surface area contributed by atoms with Crippen LogP contribution in [0.4, 0.5) is 5.69 Å². The van der Waals surface area contributed by atoms with Gasteiger partial charge in [-0.15, -0.1) is 0 Å². The third-order valence-electron chi connectivity index (χ3n) is 6.35. The second kappa shape index (κ2) is 9.06. The molecule has 0 bridgehead atoms. The summed E-state index contributed by atoms with van der Waals surface area (Å²) in [5, 5.41) is 28.5. The Morgan fingerprint density at radius 2 is 1.66 bits per heavy atom. The summed E-state index contributed by atoms with van der Waals surface area (Å²) >= 11 is 12.5. The second-order valence-electron chi connectivity index (χ2n) is 8.16. The van der Waals surface area contributed by atoms with Crippen LogP contribution in [0.3, 0.4) is 0 Å². The average Bonchev–Trinajstić information content (AvgIpc) is 2.82. The Balaban J connectivity index is 1.55. The van der Waals surface area contributed by atoms with E-state index in [4.69, 9.17) is 32.7 Å². The molecule has 1 saturated heterocycles. The van der Waals surface area contributed by atoms with E-state index in [-0.39, 0.29) is 24.3 Å². The summed E-state index contributed by atoms with van der Waals surface area (Å²) in [7, 11) is 1.57. The summed E-state index contributed by atoms with van der Waals surface area (Å²) in [6.07, 6.45) is 0. The van der Waals surface area contributed by atoms with E-state index in [9.17, 15) is 10.4 Å². The van der Waals surface area contributed by atoms with Crippen molar-refractivity contribution < 1.29 is 14.1 Å². The van der Waals surface area contributed by atoms with E-state index in [1.807, 2.05) is 43.3 Å². The lowest BCUT2D eigenvalue weighted by molar-refractivity contribution is -0.882. The van der Waals surface area contributed by atoms with Crippen molar-refractivity contribution in [1.82, 2.24) is 4.65 Å². The summed E-state index contributed by atoms with van der Waals surface area (Å²) in [6.45, 7) is 3.78. The van der Waals surface area contributed by atoms with Crippen LogP contribution in [-0.4, -0.2) is 44.5 Å². The van der Waals surface area contributed by atoms with E-state index in [1.54, 1.807) is 19.2 Å². The molecule has 170 valence electrons. The van der Waals surface area contributed by atoms with Crippen LogP contribution in [0.1, 0.15) is 12.5 Å². The number of halogens is 2. The lowest BCUT2D eigenvalue weighted by Crippen LogP contribution is -2.63. The van der Waals surface area contributed by atoms with Crippen LogP contribution in [0.15, 0.2) is 48.5 Å².